The number of alkyl halides is 1. The molecule has 0 nitrogen and oxygen atoms in total. The van der Waals surface area contributed by atoms with Gasteiger partial charge in [-0.05, 0) is 54.5 Å². The molecule has 0 amide bonds. The smallest absolute Gasteiger partial charge is 0.0957 e. The minimum Gasteiger partial charge on any atom is -0.145 e. The lowest BCUT2D eigenvalue weighted by molar-refractivity contribution is 1.16. The van der Waals surface area contributed by atoms with Gasteiger partial charge in [0.05, 0.1) is 10.4 Å². The second-order valence-corrected chi connectivity index (χ2v) is 6.55. The summed E-state index contributed by atoms with van der Waals surface area (Å²) in [5, 5.41) is 3.17. The van der Waals surface area contributed by atoms with Crippen LogP contribution in [0.1, 0.15) is 32.5 Å². The Morgan fingerprint density at radius 3 is 2.17 bits per heavy atom. The molecule has 0 N–H and O–H groups in total. The van der Waals surface area contributed by atoms with Crippen molar-refractivity contribution in [1.29, 1.82) is 0 Å². The fourth-order valence-corrected chi connectivity index (χ4v) is 3.94. The van der Waals surface area contributed by atoms with E-state index < -0.39 is 0 Å². The molecular formula is C14H13Cl3S. The first-order chi connectivity index (χ1) is 8.41. The van der Waals surface area contributed by atoms with E-state index in [4.69, 9.17) is 34.8 Å². The summed E-state index contributed by atoms with van der Waals surface area (Å²) in [6.45, 7) is 6.07. The monoisotopic (exact) mass is 318 g/mol. The van der Waals surface area contributed by atoms with Gasteiger partial charge in [-0.25, -0.2) is 0 Å². The zero-order valence-corrected chi connectivity index (χ0v) is 13.4. The summed E-state index contributed by atoms with van der Waals surface area (Å²) in [5.41, 5.74) is 4.33. The van der Waals surface area contributed by atoms with Crippen molar-refractivity contribution in [3.05, 3.63) is 54.7 Å². The Kier molecular flexibility index (Phi) is 4.28. The van der Waals surface area contributed by atoms with E-state index in [-0.39, 0.29) is 5.38 Å². The van der Waals surface area contributed by atoms with Crippen molar-refractivity contribution in [2.45, 2.75) is 26.1 Å². The molecule has 2 aromatic rings. The zero-order chi connectivity index (χ0) is 13.4. The Morgan fingerprint density at radius 1 is 1.00 bits per heavy atom. The Bertz CT molecular complexity index is 587. The molecule has 1 unspecified atom stereocenters. The highest BCUT2D eigenvalue weighted by Crippen LogP contribution is 2.42. The first-order valence-electron chi connectivity index (χ1n) is 5.56. The van der Waals surface area contributed by atoms with Crippen LogP contribution >= 0.6 is 46.1 Å². The van der Waals surface area contributed by atoms with Crippen molar-refractivity contribution in [2.75, 3.05) is 0 Å². The molecule has 0 saturated carbocycles. The number of hydrogen-bond donors (Lipinski definition) is 0. The van der Waals surface area contributed by atoms with Crippen LogP contribution in [0.25, 0.3) is 0 Å². The molecule has 0 saturated heterocycles. The van der Waals surface area contributed by atoms with Crippen molar-refractivity contribution in [3.8, 4) is 0 Å². The van der Waals surface area contributed by atoms with Crippen LogP contribution in [0.4, 0.5) is 0 Å². The maximum Gasteiger partial charge on any atom is 0.0957 e. The second kappa shape index (κ2) is 5.42. The lowest BCUT2D eigenvalue weighted by atomic mass is 10.0. The van der Waals surface area contributed by atoms with Gasteiger partial charge >= 0.3 is 0 Å². The first-order valence-corrected chi connectivity index (χ1v) is 7.63. The Labute approximate surface area is 126 Å². The summed E-state index contributed by atoms with van der Waals surface area (Å²) >= 11 is 20.6. The zero-order valence-electron chi connectivity index (χ0n) is 10.4. The van der Waals surface area contributed by atoms with E-state index in [0.29, 0.717) is 5.02 Å². The summed E-state index contributed by atoms with van der Waals surface area (Å²) in [6.07, 6.45) is 0. The average Bonchev–Trinajstić information content (AvgIpc) is 2.64. The number of thiophene rings is 1. The number of hydrogen-bond acceptors (Lipinski definition) is 1. The average molecular weight is 320 g/mol. The lowest BCUT2D eigenvalue weighted by Crippen LogP contribution is -1.95. The standard InChI is InChI=1S/C14H13Cl3S/c1-7-4-10(11(15)5-8(7)2)13(17)14-12(16)9(3)6-18-14/h4-6,13H,1-3H3. The summed E-state index contributed by atoms with van der Waals surface area (Å²) in [6, 6.07) is 4.00. The number of aryl methyl sites for hydroxylation is 3. The van der Waals surface area contributed by atoms with Gasteiger partial charge in [-0.2, -0.15) is 0 Å². The van der Waals surface area contributed by atoms with E-state index in [2.05, 4.69) is 6.92 Å². The van der Waals surface area contributed by atoms with Crippen LogP contribution in [0, 0.1) is 20.8 Å². The van der Waals surface area contributed by atoms with E-state index in [1.54, 1.807) is 11.3 Å². The Morgan fingerprint density at radius 2 is 1.61 bits per heavy atom. The van der Waals surface area contributed by atoms with E-state index in [1.165, 1.54) is 11.1 Å². The Hall–Kier alpha value is -0.210. The largest absolute Gasteiger partial charge is 0.145 e. The van der Waals surface area contributed by atoms with Gasteiger partial charge in [-0.3, -0.25) is 0 Å². The maximum atomic E-state index is 6.52. The van der Waals surface area contributed by atoms with Gasteiger partial charge in [-0.15, -0.1) is 22.9 Å². The quantitative estimate of drug-likeness (QED) is 0.569. The van der Waals surface area contributed by atoms with Crippen LogP contribution in [-0.2, 0) is 0 Å². The molecule has 0 fully saturated rings. The van der Waals surface area contributed by atoms with Crippen LogP contribution in [0.3, 0.4) is 0 Å². The third-order valence-corrected chi connectivity index (χ3v) is 5.73. The molecule has 1 aromatic carbocycles. The van der Waals surface area contributed by atoms with Crippen molar-refractivity contribution in [2.24, 2.45) is 0 Å². The predicted octanol–water partition coefficient (Wildman–Crippen LogP) is 6.31. The molecule has 0 spiro atoms. The molecule has 0 aliphatic heterocycles. The molecular weight excluding hydrogens is 307 g/mol. The van der Waals surface area contributed by atoms with Gasteiger partial charge in [0.1, 0.15) is 0 Å². The third kappa shape index (κ3) is 2.55. The lowest BCUT2D eigenvalue weighted by Gasteiger charge is -2.13. The SMILES string of the molecule is Cc1cc(Cl)c(C(Cl)c2scc(C)c2Cl)cc1C. The highest BCUT2D eigenvalue weighted by atomic mass is 35.5. The third-order valence-electron chi connectivity index (χ3n) is 3.04. The summed E-state index contributed by atoms with van der Waals surface area (Å²) in [4.78, 5) is 0.959. The number of rotatable bonds is 2. The molecule has 0 radical (unpaired) electrons. The molecule has 0 aliphatic rings. The molecule has 1 aromatic heterocycles. The van der Waals surface area contributed by atoms with E-state index in [9.17, 15) is 0 Å². The normalized spacial score (nSPS) is 12.8. The number of benzene rings is 1. The molecule has 4 heteroatoms. The van der Waals surface area contributed by atoms with Crippen molar-refractivity contribution in [1.82, 2.24) is 0 Å². The first kappa shape index (κ1) is 14.2. The van der Waals surface area contributed by atoms with Crippen LogP contribution in [0.5, 0.6) is 0 Å². The van der Waals surface area contributed by atoms with Crippen LogP contribution in [0.15, 0.2) is 17.5 Å². The highest BCUT2D eigenvalue weighted by molar-refractivity contribution is 7.11. The fraction of sp³-hybridized carbons (Fsp3) is 0.286. The molecule has 1 atom stereocenters. The second-order valence-electron chi connectivity index (χ2n) is 4.42. The minimum absolute atomic E-state index is 0.289. The molecule has 1 heterocycles. The summed E-state index contributed by atoms with van der Waals surface area (Å²) in [5.74, 6) is 0. The van der Waals surface area contributed by atoms with Gasteiger partial charge < -0.3 is 0 Å². The van der Waals surface area contributed by atoms with Gasteiger partial charge in [0.2, 0.25) is 0 Å². The van der Waals surface area contributed by atoms with E-state index in [1.807, 2.05) is 31.4 Å². The van der Waals surface area contributed by atoms with Crippen molar-refractivity contribution < 1.29 is 0 Å². The molecule has 96 valence electrons. The van der Waals surface area contributed by atoms with E-state index in [0.717, 1.165) is 21.0 Å². The predicted molar refractivity (Wildman–Crippen MR) is 82.7 cm³/mol. The highest BCUT2D eigenvalue weighted by Gasteiger charge is 2.20. The molecule has 0 bridgehead atoms. The van der Waals surface area contributed by atoms with Gasteiger partial charge in [-0.1, -0.05) is 29.3 Å². The molecule has 0 aliphatic carbocycles. The van der Waals surface area contributed by atoms with Gasteiger partial charge in [0, 0.05) is 9.90 Å². The van der Waals surface area contributed by atoms with Crippen LogP contribution in [-0.4, -0.2) is 0 Å². The maximum absolute atomic E-state index is 6.52. The van der Waals surface area contributed by atoms with Gasteiger partial charge in [0.15, 0.2) is 0 Å². The van der Waals surface area contributed by atoms with E-state index >= 15 is 0 Å². The Balaban J connectivity index is 2.49. The van der Waals surface area contributed by atoms with Crippen LogP contribution in [0.2, 0.25) is 10.0 Å². The van der Waals surface area contributed by atoms with Crippen molar-refractivity contribution >= 4 is 46.1 Å². The summed E-state index contributed by atoms with van der Waals surface area (Å²) < 4.78 is 0. The van der Waals surface area contributed by atoms with Crippen LogP contribution < -0.4 is 0 Å². The van der Waals surface area contributed by atoms with Gasteiger partial charge in [0.25, 0.3) is 0 Å². The summed E-state index contributed by atoms with van der Waals surface area (Å²) in [7, 11) is 0. The van der Waals surface area contributed by atoms with Crippen molar-refractivity contribution in [3.63, 3.8) is 0 Å². The fourth-order valence-electron chi connectivity index (χ4n) is 1.76. The molecule has 2 rings (SSSR count). The number of halogens is 3. The topological polar surface area (TPSA) is 0 Å². The molecule has 18 heavy (non-hydrogen) atoms. The minimum atomic E-state index is -0.289.